The zero-order valence-electron chi connectivity index (χ0n) is 17.5. The third-order valence-corrected chi connectivity index (χ3v) is 5.84. The Kier molecular flexibility index (Phi) is 6.76. The Balaban J connectivity index is 1.72. The molecule has 1 heterocycles. The van der Waals surface area contributed by atoms with Crippen molar-refractivity contribution in [3.63, 3.8) is 0 Å². The number of aromatic nitrogens is 1. The van der Waals surface area contributed by atoms with Crippen molar-refractivity contribution in [2.24, 2.45) is 0 Å². The van der Waals surface area contributed by atoms with Crippen molar-refractivity contribution in [1.82, 2.24) is 10.3 Å². The van der Waals surface area contributed by atoms with Crippen molar-refractivity contribution in [1.29, 1.82) is 0 Å². The molecular formula is C22H24N4O4S. The molecule has 0 bridgehead atoms. The molecule has 0 aliphatic rings. The lowest BCUT2D eigenvalue weighted by Gasteiger charge is -2.13. The first-order valence-electron chi connectivity index (χ1n) is 9.46. The molecule has 2 N–H and O–H groups in total. The molecule has 3 rings (SSSR count). The molecule has 1 aromatic heterocycles. The molecule has 3 aromatic rings. The number of carbonyl (C=O) groups excluding carboxylic acids is 1. The van der Waals surface area contributed by atoms with Crippen LogP contribution in [-0.4, -0.2) is 40.5 Å². The Morgan fingerprint density at radius 2 is 1.84 bits per heavy atom. The second kappa shape index (κ2) is 9.48. The third-order valence-electron chi connectivity index (χ3n) is 4.48. The molecule has 31 heavy (non-hydrogen) atoms. The quantitative estimate of drug-likeness (QED) is 0.559. The highest BCUT2D eigenvalue weighted by molar-refractivity contribution is 7.92. The van der Waals surface area contributed by atoms with Gasteiger partial charge in [0.2, 0.25) is 0 Å². The number of sulfonamides is 1. The first kappa shape index (κ1) is 22.1. The zero-order chi connectivity index (χ0) is 22.4. The fraction of sp³-hybridized carbons (Fsp3) is 0.182. The van der Waals surface area contributed by atoms with E-state index < -0.39 is 10.0 Å². The van der Waals surface area contributed by atoms with E-state index >= 15 is 0 Å². The molecule has 0 fully saturated rings. The van der Waals surface area contributed by atoms with E-state index in [1.165, 1.54) is 25.3 Å². The second-order valence-electron chi connectivity index (χ2n) is 6.94. The van der Waals surface area contributed by atoms with Crippen LogP contribution in [0.25, 0.3) is 0 Å². The van der Waals surface area contributed by atoms with Gasteiger partial charge in [-0.2, -0.15) is 0 Å². The van der Waals surface area contributed by atoms with Crippen molar-refractivity contribution >= 4 is 27.4 Å². The summed E-state index contributed by atoms with van der Waals surface area (Å²) < 4.78 is 33.3. The highest BCUT2D eigenvalue weighted by Gasteiger charge is 2.18. The summed E-state index contributed by atoms with van der Waals surface area (Å²) in [5, 5.41) is 2.78. The van der Waals surface area contributed by atoms with Gasteiger partial charge in [-0.3, -0.25) is 9.52 Å². The topological polar surface area (TPSA) is 101 Å². The van der Waals surface area contributed by atoms with Crippen LogP contribution in [0.15, 0.2) is 71.8 Å². The van der Waals surface area contributed by atoms with Crippen LogP contribution < -0.4 is 19.7 Å². The van der Waals surface area contributed by atoms with Gasteiger partial charge in [0, 0.05) is 32.4 Å². The van der Waals surface area contributed by atoms with E-state index in [1.807, 2.05) is 31.1 Å². The molecule has 0 spiro atoms. The van der Waals surface area contributed by atoms with Crippen LogP contribution >= 0.6 is 0 Å². The SMILES string of the molecule is COc1ccccc1NS(=O)(=O)c1cccc(C(=O)NCc2ccc(N(C)C)nc2)c1. The first-order valence-corrected chi connectivity index (χ1v) is 10.9. The van der Waals surface area contributed by atoms with Crippen LogP contribution in [0.3, 0.4) is 0 Å². The van der Waals surface area contributed by atoms with Gasteiger partial charge in [0.15, 0.2) is 0 Å². The maximum atomic E-state index is 12.8. The lowest BCUT2D eigenvalue weighted by molar-refractivity contribution is 0.0950. The lowest BCUT2D eigenvalue weighted by atomic mass is 10.2. The van der Waals surface area contributed by atoms with Crippen LogP contribution in [0.5, 0.6) is 5.75 Å². The summed E-state index contributed by atoms with van der Waals surface area (Å²) in [5.74, 6) is 0.829. The number of amides is 1. The third kappa shape index (κ3) is 5.52. The number of nitrogens with zero attached hydrogens (tertiary/aromatic N) is 2. The summed E-state index contributed by atoms with van der Waals surface area (Å²) in [6.45, 7) is 0.274. The van der Waals surface area contributed by atoms with Crippen molar-refractivity contribution in [2.75, 3.05) is 30.8 Å². The van der Waals surface area contributed by atoms with Gasteiger partial charge in [-0.05, 0) is 42.0 Å². The fourth-order valence-corrected chi connectivity index (χ4v) is 3.92. The van der Waals surface area contributed by atoms with Gasteiger partial charge in [-0.1, -0.05) is 24.3 Å². The number of hydrogen-bond acceptors (Lipinski definition) is 6. The van der Waals surface area contributed by atoms with Gasteiger partial charge in [-0.25, -0.2) is 13.4 Å². The molecule has 1 amide bonds. The van der Waals surface area contributed by atoms with Crippen LogP contribution in [0.2, 0.25) is 0 Å². The number of methoxy groups -OCH3 is 1. The minimum absolute atomic E-state index is 0.0249. The number of pyridine rings is 1. The predicted octanol–water partition coefficient (Wildman–Crippen LogP) is 2.89. The molecule has 0 unspecified atom stereocenters. The monoisotopic (exact) mass is 440 g/mol. The van der Waals surface area contributed by atoms with Crippen molar-refractivity contribution < 1.29 is 17.9 Å². The summed E-state index contributed by atoms with van der Waals surface area (Å²) in [4.78, 5) is 18.7. The Bertz CT molecular complexity index is 1160. The predicted molar refractivity (Wildman–Crippen MR) is 120 cm³/mol. The van der Waals surface area contributed by atoms with E-state index in [0.29, 0.717) is 11.4 Å². The summed E-state index contributed by atoms with van der Waals surface area (Å²) >= 11 is 0. The molecule has 0 saturated heterocycles. The maximum Gasteiger partial charge on any atom is 0.262 e. The minimum Gasteiger partial charge on any atom is -0.495 e. The number of benzene rings is 2. The second-order valence-corrected chi connectivity index (χ2v) is 8.62. The molecule has 9 heteroatoms. The molecule has 0 atom stereocenters. The van der Waals surface area contributed by atoms with E-state index in [1.54, 1.807) is 36.5 Å². The van der Waals surface area contributed by atoms with Crippen LogP contribution in [0.1, 0.15) is 15.9 Å². The lowest BCUT2D eigenvalue weighted by Crippen LogP contribution is -2.23. The number of carbonyl (C=O) groups is 1. The number of nitrogens with one attached hydrogen (secondary N) is 2. The van der Waals surface area contributed by atoms with Gasteiger partial charge in [0.05, 0.1) is 17.7 Å². The molecule has 0 saturated carbocycles. The average molecular weight is 441 g/mol. The maximum absolute atomic E-state index is 12.8. The van der Waals surface area contributed by atoms with Gasteiger partial charge in [0.1, 0.15) is 11.6 Å². The molecule has 162 valence electrons. The van der Waals surface area contributed by atoms with Gasteiger partial charge in [0.25, 0.3) is 15.9 Å². The van der Waals surface area contributed by atoms with Crippen molar-refractivity contribution in [3.05, 3.63) is 78.0 Å². The van der Waals surface area contributed by atoms with Gasteiger partial charge in [-0.15, -0.1) is 0 Å². The molecular weight excluding hydrogens is 416 g/mol. The Morgan fingerprint density at radius 1 is 1.06 bits per heavy atom. The standard InChI is InChI=1S/C22H24N4O4S/c1-26(2)21-12-11-16(14-23-21)15-24-22(27)17-7-6-8-18(13-17)31(28,29)25-19-9-4-5-10-20(19)30-3/h4-14,25H,15H2,1-3H3,(H,24,27). The number of ether oxygens (including phenoxy) is 1. The Morgan fingerprint density at radius 3 is 2.52 bits per heavy atom. The highest BCUT2D eigenvalue weighted by Crippen LogP contribution is 2.26. The fourth-order valence-electron chi connectivity index (χ4n) is 2.81. The number of hydrogen-bond donors (Lipinski definition) is 2. The van der Waals surface area contributed by atoms with E-state index in [0.717, 1.165) is 11.4 Å². The summed E-state index contributed by atoms with van der Waals surface area (Å²) in [6.07, 6.45) is 1.69. The normalized spacial score (nSPS) is 10.9. The summed E-state index contributed by atoms with van der Waals surface area (Å²) in [6, 6.07) is 16.3. The Hall–Kier alpha value is -3.59. The molecule has 0 radical (unpaired) electrons. The minimum atomic E-state index is -3.91. The largest absolute Gasteiger partial charge is 0.495 e. The number of anilines is 2. The molecule has 0 aliphatic heterocycles. The number of rotatable bonds is 8. The van der Waals surface area contributed by atoms with Crippen molar-refractivity contribution in [2.45, 2.75) is 11.4 Å². The molecule has 2 aromatic carbocycles. The van der Waals surface area contributed by atoms with E-state index in [2.05, 4.69) is 15.0 Å². The van der Waals surface area contributed by atoms with E-state index in [9.17, 15) is 13.2 Å². The van der Waals surface area contributed by atoms with Crippen molar-refractivity contribution in [3.8, 4) is 5.75 Å². The van der Waals surface area contributed by atoms with E-state index in [4.69, 9.17) is 4.74 Å². The average Bonchev–Trinajstić information content (AvgIpc) is 2.78. The van der Waals surface area contributed by atoms with E-state index in [-0.39, 0.29) is 22.9 Å². The first-order chi connectivity index (χ1) is 14.8. The van der Waals surface area contributed by atoms with Gasteiger partial charge < -0.3 is 15.0 Å². The smallest absolute Gasteiger partial charge is 0.262 e. The van der Waals surface area contributed by atoms with Gasteiger partial charge >= 0.3 is 0 Å². The summed E-state index contributed by atoms with van der Waals surface area (Å²) in [5.41, 5.74) is 1.38. The van der Waals surface area contributed by atoms with Crippen LogP contribution in [0.4, 0.5) is 11.5 Å². The summed E-state index contributed by atoms with van der Waals surface area (Å²) in [7, 11) is 1.35. The molecule has 8 nitrogen and oxygen atoms in total. The molecule has 0 aliphatic carbocycles. The highest BCUT2D eigenvalue weighted by atomic mass is 32.2. The Labute approximate surface area is 181 Å². The van der Waals surface area contributed by atoms with Crippen LogP contribution in [0, 0.1) is 0 Å². The number of para-hydroxylation sites is 2. The van der Waals surface area contributed by atoms with Crippen LogP contribution in [-0.2, 0) is 16.6 Å². The zero-order valence-corrected chi connectivity index (χ0v) is 18.3.